The van der Waals surface area contributed by atoms with Crippen molar-refractivity contribution in [3.05, 3.63) is 17.0 Å². The van der Waals surface area contributed by atoms with Gasteiger partial charge in [-0.3, -0.25) is 4.68 Å². The molecule has 0 amide bonds. The van der Waals surface area contributed by atoms with Crippen LogP contribution in [0.4, 0.5) is 0 Å². The maximum Gasteiger partial charge on any atom is 0.152 e. The van der Waals surface area contributed by atoms with Crippen LogP contribution in [0.3, 0.4) is 0 Å². The summed E-state index contributed by atoms with van der Waals surface area (Å²) in [4.78, 5) is 0. The van der Waals surface area contributed by atoms with E-state index in [1.165, 1.54) is 24.1 Å². The van der Waals surface area contributed by atoms with Gasteiger partial charge in [-0.25, -0.2) is 8.42 Å². The Labute approximate surface area is 127 Å². The number of sulfone groups is 1. The Morgan fingerprint density at radius 3 is 2.71 bits per heavy atom. The van der Waals surface area contributed by atoms with Gasteiger partial charge in [0.2, 0.25) is 0 Å². The minimum atomic E-state index is -2.90. The number of nitrogens with one attached hydrogen (secondary N) is 1. The van der Waals surface area contributed by atoms with Gasteiger partial charge < -0.3 is 5.32 Å². The van der Waals surface area contributed by atoms with Gasteiger partial charge in [0.05, 0.1) is 23.2 Å². The fourth-order valence-corrected chi connectivity index (χ4v) is 5.58. The molecule has 0 aliphatic carbocycles. The Balaban J connectivity index is 1.90. The maximum absolute atomic E-state index is 11.9. The van der Waals surface area contributed by atoms with E-state index in [-0.39, 0.29) is 11.8 Å². The van der Waals surface area contributed by atoms with E-state index in [1.807, 2.05) is 4.68 Å². The van der Waals surface area contributed by atoms with Crippen molar-refractivity contribution in [3.63, 3.8) is 0 Å². The van der Waals surface area contributed by atoms with Crippen molar-refractivity contribution in [2.24, 2.45) is 0 Å². The summed E-state index contributed by atoms with van der Waals surface area (Å²) >= 11 is 0. The molecular weight excluding hydrogens is 286 g/mol. The van der Waals surface area contributed by atoms with E-state index in [2.05, 4.69) is 19.2 Å². The van der Waals surface area contributed by atoms with E-state index in [9.17, 15) is 8.42 Å². The molecule has 1 N–H and O–H groups in total. The number of rotatable bonds is 2. The summed E-state index contributed by atoms with van der Waals surface area (Å²) < 4.78 is 25.8. The molecule has 2 saturated heterocycles. The van der Waals surface area contributed by atoms with Crippen molar-refractivity contribution < 1.29 is 8.42 Å². The standard InChI is InChI=1S/C15H25N3O2S/c1-11-15(13-5-3-7-16-9-13)12(2)18(17-11)14-6-4-8-21(19,20)10-14/h13-14,16H,3-10H2,1-2H3. The van der Waals surface area contributed by atoms with E-state index in [1.54, 1.807) is 0 Å². The second-order valence-corrected chi connectivity index (χ2v) is 8.71. The summed E-state index contributed by atoms with van der Waals surface area (Å²) in [6.07, 6.45) is 4.07. The lowest BCUT2D eigenvalue weighted by molar-refractivity contribution is 0.423. The second-order valence-electron chi connectivity index (χ2n) is 6.48. The SMILES string of the molecule is Cc1nn(C2CCCS(=O)(=O)C2)c(C)c1C1CCCNC1. The quantitative estimate of drug-likeness (QED) is 0.903. The lowest BCUT2D eigenvalue weighted by Crippen LogP contribution is -2.30. The molecule has 2 fully saturated rings. The van der Waals surface area contributed by atoms with Crippen molar-refractivity contribution in [3.8, 4) is 0 Å². The van der Waals surface area contributed by atoms with Crippen molar-refractivity contribution in [2.75, 3.05) is 24.6 Å². The molecule has 0 aromatic carbocycles. The molecule has 2 unspecified atom stereocenters. The van der Waals surface area contributed by atoms with Crippen LogP contribution in [-0.2, 0) is 9.84 Å². The second kappa shape index (κ2) is 5.72. The van der Waals surface area contributed by atoms with E-state index in [0.29, 0.717) is 11.7 Å². The number of aryl methyl sites for hydroxylation is 1. The first-order chi connectivity index (χ1) is 9.98. The van der Waals surface area contributed by atoms with Crippen LogP contribution >= 0.6 is 0 Å². The third-order valence-electron chi connectivity index (χ3n) is 4.87. The van der Waals surface area contributed by atoms with Gasteiger partial charge in [-0.05, 0) is 46.1 Å². The van der Waals surface area contributed by atoms with Crippen LogP contribution in [0.15, 0.2) is 0 Å². The highest BCUT2D eigenvalue weighted by atomic mass is 32.2. The minimum Gasteiger partial charge on any atom is -0.316 e. The first-order valence-corrected chi connectivity index (χ1v) is 9.77. The Kier molecular flexibility index (Phi) is 4.10. The number of hydrogen-bond donors (Lipinski definition) is 1. The summed E-state index contributed by atoms with van der Waals surface area (Å²) in [6, 6.07) is 0.0211. The van der Waals surface area contributed by atoms with Crippen molar-refractivity contribution in [1.29, 1.82) is 0 Å². The molecule has 1 aromatic rings. The Hall–Kier alpha value is -0.880. The minimum absolute atomic E-state index is 0.0211. The molecule has 118 valence electrons. The lowest BCUT2D eigenvalue weighted by Gasteiger charge is -2.25. The van der Waals surface area contributed by atoms with Crippen molar-refractivity contribution in [2.45, 2.75) is 51.5 Å². The number of piperidine rings is 1. The summed E-state index contributed by atoms with van der Waals surface area (Å²) in [7, 11) is -2.90. The summed E-state index contributed by atoms with van der Waals surface area (Å²) in [5.41, 5.74) is 3.58. The van der Waals surface area contributed by atoms with Gasteiger partial charge in [-0.2, -0.15) is 5.10 Å². The summed E-state index contributed by atoms with van der Waals surface area (Å²) in [6.45, 7) is 6.27. The molecule has 6 heteroatoms. The molecule has 0 bridgehead atoms. The van der Waals surface area contributed by atoms with E-state index in [4.69, 9.17) is 5.10 Å². The smallest absolute Gasteiger partial charge is 0.152 e. The lowest BCUT2D eigenvalue weighted by atomic mass is 9.90. The highest BCUT2D eigenvalue weighted by molar-refractivity contribution is 7.91. The monoisotopic (exact) mass is 311 g/mol. The van der Waals surface area contributed by atoms with Gasteiger partial charge in [-0.1, -0.05) is 0 Å². The number of aromatic nitrogens is 2. The summed E-state index contributed by atoms with van der Waals surface area (Å²) in [5.74, 6) is 1.10. The summed E-state index contributed by atoms with van der Waals surface area (Å²) in [5, 5.41) is 8.16. The molecule has 5 nitrogen and oxygen atoms in total. The van der Waals surface area contributed by atoms with Crippen molar-refractivity contribution in [1.82, 2.24) is 15.1 Å². The van der Waals surface area contributed by atoms with Crippen LogP contribution in [0, 0.1) is 13.8 Å². The van der Waals surface area contributed by atoms with E-state index in [0.717, 1.165) is 31.6 Å². The maximum atomic E-state index is 11.9. The molecule has 0 spiro atoms. The number of nitrogens with zero attached hydrogens (tertiary/aromatic N) is 2. The van der Waals surface area contributed by atoms with Crippen LogP contribution in [0.25, 0.3) is 0 Å². The predicted octanol–water partition coefficient (Wildman–Crippen LogP) is 1.72. The highest BCUT2D eigenvalue weighted by Gasteiger charge is 2.30. The average molecular weight is 311 g/mol. The van der Waals surface area contributed by atoms with Gasteiger partial charge in [-0.15, -0.1) is 0 Å². The normalized spacial score (nSPS) is 29.4. The van der Waals surface area contributed by atoms with E-state index < -0.39 is 9.84 Å². The first kappa shape index (κ1) is 15.0. The van der Waals surface area contributed by atoms with Crippen LogP contribution in [0.5, 0.6) is 0 Å². The molecule has 1 aromatic heterocycles. The van der Waals surface area contributed by atoms with Crippen LogP contribution in [0.1, 0.15) is 54.6 Å². The first-order valence-electron chi connectivity index (χ1n) is 7.94. The van der Waals surface area contributed by atoms with Gasteiger partial charge in [0, 0.05) is 23.7 Å². The predicted molar refractivity (Wildman–Crippen MR) is 83.5 cm³/mol. The van der Waals surface area contributed by atoms with Crippen LogP contribution in [-0.4, -0.2) is 42.8 Å². The topological polar surface area (TPSA) is 64.0 Å². The van der Waals surface area contributed by atoms with Gasteiger partial charge in [0.25, 0.3) is 0 Å². The Bertz CT molecular complexity index is 615. The fraction of sp³-hybridized carbons (Fsp3) is 0.800. The molecule has 2 atom stereocenters. The zero-order valence-corrected chi connectivity index (χ0v) is 13.7. The third kappa shape index (κ3) is 3.01. The molecule has 2 aliphatic heterocycles. The molecule has 3 heterocycles. The van der Waals surface area contributed by atoms with Crippen LogP contribution < -0.4 is 5.32 Å². The van der Waals surface area contributed by atoms with Crippen LogP contribution in [0.2, 0.25) is 0 Å². The zero-order valence-electron chi connectivity index (χ0n) is 12.9. The molecule has 0 saturated carbocycles. The average Bonchev–Trinajstić information content (AvgIpc) is 2.74. The number of hydrogen-bond acceptors (Lipinski definition) is 4. The third-order valence-corrected chi connectivity index (χ3v) is 6.67. The highest BCUT2D eigenvalue weighted by Crippen LogP contribution is 2.32. The molecule has 0 radical (unpaired) electrons. The molecular formula is C15H25N3O2S. The fourth-order valence-electron chi connectivity index (χ4n) is 3.91. The van der Waals surface area contributed by atoms with Gasteiger partial charge in [0.15, 0.2) is 9.84 Å². The molecule has 2 aliphatic rings. The molecule has 3 rings (SSSR count). The Morgan fingerprint density at radius 2 is 2.05 bits per heavy atom. The zero-order chi connectivity index (χ0) is 15.0. The van der Waals surface area contributed by atoms with E-state index >= 15 is 0 Å². The largest absolute Gasteiger partial charge is 0.316 e. The van der Waals surface area contributed by atoms with Gasteiger partial charge in [0.1, 0.15) is 0 Å². The van der Waals surface area contributed by atoms with Gasteiger partial charge >= 0.3 is 0 Å². The molecule has 21 heavy (non-hydrogen) atoms. The Morgan fingerprint density at radius 1 is 1.24 bits per heavy atom. The van der Waals surface area contributed by atoms with Crippen molar-refractivity contribution >= 4 is 9.84 Å².